The lowest BCUT2D eigenvalue weighted by Gasteiger charge is -2.20. The van der Waals surface area contributed by atoms with E-state index in [1.807, 2.05) is 20.8 Å². The molecule has 0 saturated heterocycles. The van der Waals surface area contributed by atoms with Crippen LogP contribution in [0.5, 0.6) is 0 Å². The summed E-state index contributed by atoms with van der Waals surface area (Å²) in [6, 6.07) is 4.76. The van der Waals surface area contributed by atoms with Crippen molar-refractivity contribution >= 4 is 17.3 Å². The number of carbonyl (C=O) groups excluding carboxylic acids is 1. The lowest BCUT2D eigenvalue weighted by molar-refractivity contribution is 0.0914. The first kappa shape index (κ1) is 16.8. The Bertz CT molecular complexity index is 742. The SMILES string of the molecule is CC(C)(C)NC(=O)c1cc(Nc2ccc(F)c(F)c2F)ccn1. The van der Waals surface area contributed by atoms with E-state index in [1.165, 1.54) is 18.3 Å². The molecule has 0 aliphatic heterocycles. The van der Waals surface area contributed by atoms with Crippen LogP contribution in [0.3, 0.4) is 0 Å². The van der Waals surface area contributed by atoms with Crippen LogP contribution < -0.4 is 10.6 Å². The summed E-state index contributed by atoms with van der Waals surface area (Å²) < 4.78 is 39.8. The van der Waals surface area contributed by atoms with Gasteiger partial charge in [0.2, 0.25) is 0 Å². The van der Waals surface area contributed by atoms with E-state index < -0.39 is 28.9 Å². The Morgan fingerprint density at radius 3 is 2.43 bits per heavy atom. The van der Waals surface area contributed by atoms with Gasteiger partial charge < -0.3 is 10.6 Å². The molecule has 0 spiro atoms. The van der Waals surface area contributed by atoms with Gasteiger partial charge in [-0.05, 0) is 45.0 Å². The maximum Gasteiger partial charge on any atom is 0.270 e. The lowest BCUT2D eigenvalue weighted by atomic mass is 10.1. The number of anilines is 2. The highest BCUT2D eigenvalue weighted by atomic mass is 19.2. The minimum atomic E-state index is -1.56. The predicted octanol–water partition coefficient (Wildman–Crippen LogP) is 3.77. The molecule has 4 nitrogen and oxygen atoms in total. The molecule has 1 aromatic carbocycles. The molecule has 1 aromatic heterocycles. The second-order valence-electron chi connectivity index (χ2n) is 5.98. The molecule has 0 atom stereocenters. The third kappa shape index (κ3) is 4.21. The molecule has 0 aliphatic carbocycles. The number of carbonyl (C=O) groups is 1. The summed E-state index contributed by atoms with van der Waals surface area (Å²) in [7, 11) is 0. The van der Waals surface area contributed by atoms with Crippen molar-refractivity contribution in [1.82, 2.24) is 10.3 Å². The molecule has 0 radical (unpaired) electrons. The number of hydrogen-bond acceptors (Lipinski definition) is 3. The van der Waals surface area contributed by atoms with Crippen LogP contribution in [0.15, 0.2) is 30.5 Å². The van der Waals surface area contributed by atoms with E-state index in [9.17, 15) is 18.0 Å². The lowest BCUT2D eigenvalue weighted by Crippen LogP contribution is -2.40. The fourth-order valence-electron chi connectivity index (χ4n) is 1.82. The van der Waals surface area contributed by atoms with Crippen LogP contribution in [0.2, 0.25) is 0 Å². The van der Waals surface area contributed by atoms with Gasteiger partial charge in [-0.15, -0.1) is 0 Å². The van der Waals surface area contributed by atoms with Gasteiger partial charge in [0.15, 0.2) is 17.5 Å². The van der Waals surface area contributed by atoms with Crippen LogP contribution in [-0.2, 0) is 0 Å². The molecule has 2 N–H and O–H groups in total. The second kappa shape index (κ2) is 6.28. The Kier molecular flexibility index (Phi) is 4.58. The van der Waals surface area contributed by atoms with Gasteiger partial charge in [0.05, 0.1) is 5.69 Å². The van der Waals surface area contributed by atoms with Crippen molar-refractivity contribution < 1.29 is 18.0 Å². The number of nitrogens with zero attached hydrogens (tertiary/aromatic N) is 1. The Morgan fingerprint density at radius 1 is 1.09 bits per heavy atom. The van der Waals surface area contributed by atoms with Gasteiger partial charge >= 0.3 is 0 Å². The zero-order valence-electron chi connectivity index (χ0n) is 12.9. The van der Waals surface area contributed by atoms with Gasteiger partial charge in [-0.3, -0.25) is 9.78 Å². The number of benzene rings is 1. The van der Waals surface area contributed by atoms with E-state index >= 15 is 0 Å². The zero-order valence-corrected chi connectivity index (χ0v) is 12.9. The van der Waals surface area contributed by atoms with Crippen molar-refractivity contribution in [2.45, 2.75) is 26.3 Å². The van der Waals surface area contributed by atoms with Gasteiger partial charge in [-0.1, -0.05) is 0 Å². The first-order chi connectivity index (χ1) is 10.7. The maximum atomic E-state index is 13.7. The summed E-state index contributed by atoms with van der Waals surface area (Å²) in [5.74, 6) is -4.56. The van der Waals surface area contributed by atoms with E-state index in [2.05, 4.69) is 15.6 Å². The molecule has 7 heteroatoms. The highest BCUT2D eigenvalue weighted by Crippen LogP contribution is 2.23. The summed E-state index contributed by atoms with van der Waals surface area (Å²) in [5, 5.41) is 5.34. The Balaban J connectivity index is 2.24. The number of hydrogen-bond donors (Lipinski definition) is 2. The summed E-state index contributed by atoms with van der Waals surface area (Å²) in [6.07, 6.45) is 1.36. The molecule has 23 heavy (non-hydrogen) atoms. The smallest absolute Gasteiger partial charge is 0.270 e. The van der Waals surface area contributed by atoms with Crippen molar-refractivity contribution in [3.63, 3.8) is 0 Å². The van der Waals surface area contributed by atoms with E-state index in [0.717, 1.165) is 12.1 Å². The first-order valence-electron chi connectivity index (χ1n) is 6.86. The number of halogens is 3. The maximum absolute atomic E-state index is 13.7. The van der Waals surface area contributed by atoms with Gasteiger partial charge in [-0.25, -0.2) is 13.2 Å². The van der Waals surface area contributed by atoms with Crippen molar-refractivity contribution in [3.8, 4) is 0 Å². The quantitative estimate of drug-likeness (QED) is 0.846. The summed E-state index contributed by atoms with van der Waals surface area (Å²) >= 11 is 0. The Hall–Kier alpha value is -2.57. The summed E-state index contributed by atoms with van der Waals surface area (Å²) in [4.78, 5) is 16.0. The number of rotatable bonds is 3. The fourth-order valence-corrected chi connectivity index (χ4v) is 1.82. The van der Waals surface area contributed by atoms with E-state index in [0.29, 0.717) is 5.69 Å². The minimum Gasteiger partial charge on any atom is -0.353 e. The van der Waals surface area contributed by atoms with Crippen molar-refractivity contribution in [2.75, 3.05) is 5.32 Å². The van der Waals surface area contributed by atoms with Crippen LogP contribution in [0.4, 0.5) is 24.5 Å². The van der Waals surface area contributed by atoms with Gasteiger partial charge in [0.1, 0.15) is 5.69 Å². The molecule has 0 fully saturated rings. The minimum absolute atomic E-state index is 0.118. The number of nitrogens with one attached hydrogen (secondary N) is 2. The summed E-state index contributed by atoms with van der Waals surface area (Å²) in [6.45, 7) is 5.47. The highest BCUT2D eigenvalue weighted by Gasteiger charge is 2.17. The van der Waals surface area contributed by atoms with Gasteiger partial charge in [0.25, 0.3) is 5.91 Å². The fraction of sp³-hybridized carbons (Fsp3) is 0.250. The molecule has 1 amide bonds. The van der Waals surface area contributed by atoms with Crippen molar-refractivity contribution in [2.24, 2.45) is 0 Å². The third-order valence-electron chi connectivity index (χ3n) is 2.80. The molecule has 0 saturated carbocycles. The van der Waals surface area contributed by atoms with Crippen LogP contribution in [0.25, 0.3) is 0 Å². The molecule has 122 valence electrons. The standard InChI is InChI=1S/C16H16F3N3O/c1-16(2,3)22-15(23)12-8-9(6-7-20-12)21-11-5-4-10(17)13(18)14(11)19/h4-8H,1-3H3,(H,20,21)(H,22,23). The third-order valence-corrected chi connectivity index (χ3v) is 2.80. The summed E-state index contributed by atoms with van der Waals surface area (Å²) in [5.41, 5.74) is -0.233. The van der Waals surface area contributed by atoms with Crippen LogP contribution >= 0.6 is 0 Å². The topological polar surface area (TPSA) is 54.0 Å². The van der Waals surface area contributed by atoms with E-state index in [4.69, 9.17) is 0 Å². The molecule has 0 unspecified atom stereocenters. The van der Waals surface area contributed by atoms with Gasteiger partial charge in [-0.2, -0.15) is 0 Å². The predicted molar refractivity (Wildman–Crippen MR) is 81.1 cm³/mol. The van der Waals surface area contributed by atoms with Gasteiger partial charge in [0, 0.05) is 17.4 Å². The largest absolute Gasteiger partial charge is 0.353 e. The molecule has 2 aromatic rings. The zero-order chi connectivity index (χ0) is 17.2. The Morgan fingerprint density at radius 2 is 1.78 bits per heavy atom. The molecule has 0 aliphatic rings. The average molecular weight is 323 g/mol. The first-order valence-corrected chi connectivity index (χ1v) is 6.86. The normalized spacial score (nSPS) is 11.2. The monoisotopic (exact) mass is 323 g/mol. The molecule has 1 heterocycles. The average Bonchev–Trinajstić information content (AvgIpc) is 2.46. The molecule has 0 bridgehead atoms. The van der Waals surface area contributed by atoms with E-state index in [-0.39, 0.29) is 11.4 Å². The van der Waals surface area contributed by atoms with Crippen LogP contribution in [0, 0.1) is 17.5 Å². The molecule has 2 rings (SSSR count). The molecular weight excluding hydrogens is 307 g/mol. The number of aromatic nitrogens is 1. The Labute approximate surface area is 131 Å². The van der Waals surface area contributed by atoms with Crippen molar-refractivity contribution in [3.05, 3.63) is 53.6 Å². The second-order valence-corrected chi connectivity index (χ2v) is 5.98. The highest BCUT2D eigenvalue weighted by molar-refractivity contribution is 5.93. The van der Waals surface area contributed by atoms with Crippen LogP contribution in [0.1, 0.15) is 31.3 Å². The number of pyridine rings is 1. The van der Waals surface area contributed by atoms with E-state index in [1.54, 1.807) is 0 Å². The molecular formula is C16H16F3N3O. The number of amides is 1. The van der Waals surface area contributed by atoms with Crippen molar-refractivity contribution in [1.29, 1.82) is 0 Å². The van der Waals surface area contributed by atoms with Crippen LogP contribution in [-0.4, -0.2) is 16.4 Å².